The van der Waals surface area contributed by atoms with E-state index in [1.807, 2.05) is 0 Å². The van der Waals surface area contributed by atoms with Gasteiger partial charge < -0.3 is 14.7 Å². The second-order valence-corrected chi connectivity index (χ2v) is 3.58. The van der Waals surface area contributed by atoms with Gasteiger partial charge in [0, 0.05) is 12.2 Å². The summed E-state index contributed by atoms with van der Waals surface area (Å²) >= 11 is 0. The SMILES string of the molecule is CC[N+](C)(CC)CC.O=C(O)/C=C/C(=O)O. The standard InChI is InChI=1S/C7H18N.C4H4O4/c1-5-8(4,6-2)7-3;5-3(6)1-2-4(7)8/h5-7H2,1-4H3;1-2H,(H,5,6)(H,7,8)/q+1;/b;2-1+. The molecule has 0 heterocycles. The van der Waals surface area contributed by atoms with Crippen LogP contribution in [0.3, 0.4) is 0 Å². The van der Waals surface area contributed by atoms with Gasteiger partial charge in [-0.2, -0.15) is 0 Å². The molecule has 94 valence electrons. The fourth-order valence-electron chi connectivity index (χ4n) is 0.813. The maximum atomic E-state index is 9.55. The summed E-state index contributed by atoms with van der Waals surface area (Å²) in [5.41, 5.74) is 0. The number of hydrogen-bond donors (Lipinski definition) is 2. The topological polar surface area (TPSA) is 74.6 Å². The average Bonchev–Trinajstić information content (AvgIpc) is 2.26. The van der Waals surface area contributed by atoms with Gasteiger partial charge in [-0.3, -0.25) is 0 Å². The minimum absolute atomic E-state index is 0.558. The Morgan fingerprint density at radius 1 is 0.938 bits per heavy atom. The molecule has 0 fully saturated rings. The molecule has 0 aliphatic rings. The van der Waals surface area contributed by atoms with Crippen LogP contribution in [0.1, 0.15) is 20.8 Å². The number of rotatable bonds is 5. The number of carbonyl (C=O) groups is 2. The van der Waals surface area contributed by atoms with E-state index < -0.39 is 11.9 Å². The number of nitrogens with zero attached hydrogens (tertiary/aromatic N) is 1. The predicted octanol–water partition coefficient (Wildman–Crippen LogP) is 1.20. The van der Waals surface area contributed by atoms with Crippen LogP contribution < -0.4 is 0 Å². The number of quaternary nitrogens is 1. The third-order valence-electron chi connectivity index (χ3n) is 2.66. The second-order valence-electron chi connectivity index (χ2n) is 3.58. The molecular weight excluding hydrogens is 210 g/mol. The van der Waals surface area contributed by atoms with E-state index in [1.165, 1.54) is 24.1 Å². The first kappa shape index (κ1) is 17.0. The Labute approximate surface area is 96.6 Å². The highest BCUT2D eigenvalue weighted by Crippen LogP contribution is 1.97. The number of hydrogen-bond acceptors (Lipinski definition) is 2. The quantitative estimate of drug-likeness (QED) is 0.552. The van der Waals surface area contributed by atoms with E-state index in [0.29, 0.717) is 12.2 Å². The molecule has 0 bridgehead atoms. The Bertz CT molecular complexity index is 220. The van der Waals surface area contributed by atoms with Gasteiger partial charge in [0.25, 0.3) is 0 Å². The molecule has 0 aromatic heterocycles. The first-order chi connectivity index (χ1) is 7.31. The monoisotopic (exact) mass is 232 g/mol. The van der Waals surface area contributed by atoms with Crippen LogP contribution in [0, 0.1) is 0 Å². The van der Waals surface area contributed by atoms with E-state index in [0.717, 1.165) is 0 Å². The van der Waals surface area contributed by atoms with E-state index in [4.69, 9.17) is 10.2 Å². The zero-order valence-electron chi connectivity index (χ0n) is 10.4. The molecule has 5 heteroatoms. The lowest BCUT2D eigenvalue weighted by Crippen LogP contribution is -2.42. The molecule has 5 nitrogen and oxygen atoms in total. The number of carboxylic acid groups (broad SMARTS) is 2. The van der Waals surface area contributed by atoms with Gasteiger partial charge in [0.05, 0.1) is 26.7 Å². The van der Waals surface area contributed by atoms with Gasteiger partial charge in [-0.15, -0.1) is 0 Å². The summed E-state index contributed by atoms with van der Waals surface area (Å²) in [6, 6.07) is 0. The van der Waals surface area contributed by atoms with E-state index >= 15 is 0 Å². The van der Waals surface area contributed by atoms with Crippen LogP contribution in [0.2, 0.25) is 0 Å². The Kier molecular flexibility index (Phi) is 9.49. The van der Waals surface area contributed by atoms with Crippen molar-refractivity contribution in [2.75, 3.05) is 26.7 Å². The summed E-state index contributed by atoms with van der Waals surface area (Å²) in [5.74, 6) is -2.51. The van der Waals surface area contributed by atoms with Crippen LogP contribution in [0.4, 0.5) is 0 Å². The summed E-state index contributed by atoms with van der Waals surface area (Å²) in [4.78, 5) is 19.1. The van der Waals surface area contributed by atoms with Gasteiger partial charge in [0.2, 0.25) is 0 Å². The molecule has 0 saturated heterocycles. The predicted molar refractivity (Wildman–Crippen MR) is 62.2 cm³/mol. The molecule has 0 rings (SSSR count). The van der Waals surface area contributed by atoms with Crippen LogP contribution in [0.5, 0.6) is 0 Å². The third kappa shape index (κ3) is 10.7. The van der Waals surface area contributed by atoms with Crippen molar-refractivity contribution < 1.29 is 24.3 Å². The van der Waals surface area contributed by atoms with Gasteiger partial charge in [-0.1, -0.05) is 0 Å². The lowest BCUT2D eigenvalue weighted by molar-refractivity contribution is -0.904. The molecule has 0 unspecified atom stereocenters. The Balaban J connectivity index is 0. The van der Waals surface area contributed by atoms with Crippen LogP contribution in [-0.2, 0) is 9.59 Å². The molecule has 0 aromatic carbocycles. The van der Waals surface area contributed by atoms with E-state index in [9.17, 15) is 9.59 Å². The Morgan fingerprint density at radius 2 is 1.19 bits per heavy atom. The van der Waals surface area contributed by atoms with Crippen molar-refractivity contribution in [3.05, 3.63) is 12.2 Å². The summed E-state index contributed by atoms with van der Waals surface area (Å²) in [5, 5.41) is 15.6. The highest BCUT2D eigenvalue weighted by Gasteiger charge is 2.10. The molecule has 0 saturated carbocycles. The van der Waals surface area contributed by atoms with Crippen molar-refractivity contribution in [2.45, 2.75) is 20.8 Å². The fraction of sp³-hybridized carbons (Fsp3) is 0.636. The van der Waals surface area contributed by atoms with Crippen molar-refractivity contribution in [1.29, 1.82) is 0 Å². The Hall–Kier alpha value is -1.36. The van der Waals surface area contributed by atoms with Crippen LogP contribution >= 0.6 is 0 Å². The van der Waals surface area contributed by atoms with Crippen molar-refractivity contribution in [1.82, 2.24) is 0 Å². The van der Waals surface area contributed by atoms with E-state index in [-0.39, 0.29) is 0 Å². The molecule has 0 spiro atoms. The van der Waals surface area contributed by atoms with Crippen molar-refractivity contribution in [3.63, 3.8) is 0 Å². The first-order valence-corrected chi connectivity index (χ1v) is 5.28. The van der Waals surface area contributed by atoms with E-state index in [1.54, 1.807) is 0 Å². The average molecular weight is 232 g/mol. The van der Waals surface area contributed by atoms with Crippen molar-refractivity contribution in [2.24, 2.45) is 0 Å². The Morgan fingerprint density at radius 3 is 1.25 bits per heavy atom. The highest BCUT2D eigenvalue weighted by atomic mass is 16.4. The summed E-state index contributed by atoms with van der Waals surface area (Å²) in [7, 11) is 2.29. The second kappa shape index (κ2) is 8.91. The lowest BCUT2D eigenvalue weighted by Gasteiger charge is -2.30. The first-order valence-electron chi connectivity index (χ1n) is 5.28. The molecular formula is C11H22NO4+. The normalized spacial score (nSPS) is 10.8. The third-order valence-corrected chi connectivity index (χ3v) is 2.66. The summed E-state index contributed by atoms with van der Waals surface area (Å²) < 4.78 is 1.21. The molecule has 0 aliphatic heterocycles. The fourth-order valence-corrected chi connectivity index (χ4v) is 0.813. The molecule has 0 aliphatic carbocycles. The molecule has 16 heavy (non-hydrogen) atoms. The molecule has 0 radical (unpaired) electrons. The molecule has 0 aromatic rings. The number of aliphatic carboxylic acids is 2. The van der Waals surface area contributed by atoms with Gasteiger partial charge in [-0.25, -0.2) is 9.59 Å². The van der Waals surface area contributed by atoms with Crippen molar-refractivity contribution >= 4 is 11.9 Å². The van der Waals surface area contributed by atoms with Crippen LogP contribution in [-0.4, -0.2) is 53.3 Å². The zero-order valence-corrected chi connectivity index (χ0v) is 10.4. The molecule has 0 atom stereocenters. The molecule has 0 amide bonds. The molecule has 2 N–H and O–H groups in total. The maximum absolute atomic E-state index is 9.55. The van der Waals surface area contributed by atoms with Gasteiger partial charge in [0.15, 0.2) is 0 Å². The summed E-state index contributed by atoms with van der Waals surface area (Å²) in [6.45, 7) is 10.5. The summed E-state index contributed by atoms with van der Waals surface area (Å²) in [6.07, 6.45) is 1.12. The lowest BCUT2D eigenvalue weighted by atomic mass is 10.4. The van der Waals surface area contributed by atoms with Crippen LogP contribution in [0.15, 0.2) is 12.2 Å². The minimum Gasteiger partial charge on any atom is -0.478 e. The van der Waals surface area contributed by atoms with Gasteiger partial charge in [-0.05, 0) is 20.8 Å². The van der Waals surface area contributed by atoms with Gasteiger partial charge >= 0.3 is 11.9 Å². The minimum atomic E-state index is -1.26. The smallest absolute Gasteiger partial charge is 0.328 e. The van der Waals surface area contributed by atoms with E-state index in [2.05, 4.69) is 27.8 Å². The largest absolute Gasteiger partial charge is 0.478 e. The zero-order chi connectivity index (χ0) is 13.2. The maximum Gasteiger partial charge on any atom is 0.328 e. The van der Waals surface area contributed by atoms with Gasteiger partial charge in [0.1, 0.15) is 0 Å². The van der Waals surface area contributed by atoms with Crippen molar-refractivity contribution in [3.8, 4) is 0 Å². The highest BCUT2D eigenvalue weighted by molar-refractivity contribution is 5.89. The van der Waals surface area contributed by atoms with Crippen LogP contribution in [0.25, 0.3) is 0 Å². The number of carboxylic acids is 2.